The first-order valence-electron chi connectivity index (χ1n) is 11.7. The number of nitrogens with zero attached hydrogens (tertiary/aromatic N) is 3. The summed E-state index contributed by atoms with van der Waals surface area (Å²) in [7, 11) is 0. The molecule has 2 heterocycles. The summed E-state index contributed by atoms with van der Waals surface area (Å²) in [5.74, 6) is 0.730. The van der Waals surface area contributed by atoms with Gasteiger partial charge in [-0.05, 0) is 97.8 Å². The van der Waals surface area contributed by atoms with Gasteiger partial charge in [-0.2, -0.15) is 0 Å². The number of hydrogen-bond donors (Lipinski definition) is 0. The van der Waals surface area contributed by atoms with Crippen molar-refractivity contribution in [2.45, 2.75) is 90.4 Å². The molecule has 5 nitrogen and oxygen atoms in total. The number of unbranched alkanes of at least 4 members (excludes halogenated alkanes) is 3. The molecule has 0 N–H and O–H groups in total. The summed E-state index contributed by atoms with van der Waals surface area (Å²) in [4.78, 5) is 25.6. The number of rotatable bonds is 11. The Balaban J connectivity index is 1.45. The zero-order valence-electron chi connectivity index (χ0n) is 18.8. The van der Waals surface area contributed by atoms with Gasteiger partial charge in [-0.25, -0.2) is 9.97 Å². The molecule has 0 amide bonds. The fourth-order valence-corrected chi connectivity index (χ4v) is 4.84. The summed E-state index contributed by atoms with van der Waals surface area (Å²) >= 11 is 3.73. The van der Waals surface area contributed by atoms with Crippen LogP contribution in [0.5, 0.6) is 0 Å². The largest absolute Gasteiger partial charge is 0.466 e. The van der Waals surface area contributed by atoms with Crippen molar-refractivity contribution >= 4 is 21.9 Å². The molecule has 6 heteroatoms. The van der Waals surface area contributed by atoms with Crippen molar-refractivity contribution in [2.75, 3.05) is 6.61 Å². The minimum absolute atomic E-state index is 0.121. The maximum Gasteiger partial charge on any atom is 0.306 e. The van der Waals surface area contributed by atoms with Crippen LogP contribution in [0.4, 0.5) is 0 Å². The highest BCUT2D eigenvalue weighted by molar-refractivity contribution is 9.10. The van der Waals surface area contributed by atoms with E-state index in [4.69, 9.17) is 9.72 Å². The Morgan fingerprint density at radius 1 is 1.13 bits per heavy atom. The third kappa shape index (κ3) is 7.37. The second kappa shape index (κ2) is 12.3. The number of ether oxygens (including phenoxy) is 1. The van der Waals surface area contributed by atoms with E-state index < -0.39 is 0 Å². The molecule has 0 fully saturated rings. The lowest BCUT2D eigenvalue weighted by molar-refractivity contribution is -0.143. The normalized spacial score (nSPS) is 14.2. The number of aryl methyl sites for hydroxylation is 4. The van der Waals surface area contributed by atoms with Crippen LogP contribution in [0, 0.1) is 6.92 Å². The summed E-state index contributed by atoms with van der Waals surface area (Å²) in [6.45, 7) is 4.14. The van der Waals surface area contributed by atoms with Crippen molar-refractivity contribution in [3.63, 3.8) is 0 Å². The SMILES string of the molecule is CCOC(=O)C[C@H](CCCCCCc1nc2c(cc1Br)CCCC2)c1cnc(C)nc1. The Hall–Kier alpha value is -1.82. The molecule has 2 aromatic heterocycles. The second-order valence-electron chi connectivity index (χ2n) is 8.45. The van der Waals surface area contributed by atoms with Crippen LogP contribution < -0.4 is 0 Å². The van der Waals surface area contributed by atoms with Gasteiger partial charge in [0.2, 0.25) is 0 Å². The van der Waals surface area contributed by atoms with Gasteiger partial charge in [-0.3, -0.25) is 9.78 Å². The second-order valence-corrected chi connectivity index (χ2v) is 9.31. The van der Waals surface area contributed by atoms with Gasteiger partial charge in [0.15, 0.2) is 0 Å². The smallest absolute Gasteiger partial charge is 0.306 e. The topological polar surface area (TPSA) is 65.0 Å². The molecule has 1 atom stereocenters. The molecule has 0 aromatic carbocycles. The van der Waals surface area contributed by atoms with E-state index in [1.807, 2.05) is 26.2 Å². The lowest BCUT2D eigenvalue weighted by Gasteiger charge is -2.17. The summed E-state index contributed by atoms with van der Waals surface area (Å²) in [5, 5.41) is 0. The summed E-state index contributed by atoms with van der Waals surface area (Å²) in [6, 6.07) is 2.29. The quantitative estimate of drug-likeness (QED) is 0.285. The number of aromatic nitrogens is 3. The Morgan fingerprint density at radius 3 is 2.65 bits per heavy atom. The van der Waals surface area contributed by atoms with E-state index in [0.717, 1.165) is 49.9 Å². The first-order chi connectivity index (χ1) is 15.1. The van der Waals surface area contributed by atoms with E-state index in [1.165, 1.54) is 47.1 Å². The monoisotopic (exact) mass is 487 g/mol. The highest BCUT2D eigenvalue weighted by Crippen LogP contribution is 2.28. The van der Waals surface area contributed by atoms with Crippen LogP contribution in [-0.2, 0) is 28.8 Å². The van der Waals surface area contributed by atoms with Crippen LogP contribution in [0.1, 0.15) is 92.5 Å². The average Bonchev–Trinajstić information content (AvgIpc) is 2.76. The van der Waals surface area contributed by atoms with Gasteiger partial charge in [0.25, 0.3) is 0 Å². The van der Waals surface area contributed by atoms with E-state index in [0.29, 0.717) is 13.0 Å². The van der Waals surface area contributed by atoms with Crippen LogP contribution in [0.15, 0.2) is 22.9 Å². The van der Waals surface area contributed by atoms with Gasteiger partial charge in [0.1, 0.15) is 5.82 Å². The minimum atomic E-state index is -0.142. The Bertz CT molecular complexity index is 855. The van der Waals surface area contributed by atoms with Gasteiger partial charge in [-0.1, -0.05) is 19.3 Å². The standard InChI is InChI=1S/C25H34BrN3O2/c1-3-31-25(30)15-19(21-16-27-18(2)28-17-21)10-6-4-5-7-13-24-22(26)14-20-11-8-9-12-23(20)29-24/h14,16-17,19H,3-13,15H2,1-2H3/t19-/m0/s1. The number of halogens is 1. The molecule has 1 aliphatic carbocycles. The van der Waals surface area contributed by atoms with Gasteiger partial charge in [-0.15, -0.1) is 0 Å². The number of hydrogen-bond acceptors (Lipinski definition) is 5. The molecule has 0 saturated carbocycles. The van der Waals surface area contributed by atoms with Crippen LogP contribution >= 0.6 is 15.9 Å². The summed E-state index contributed by atoms with van der Waals surface area (Å²) < 4.78 is 6.34. The van der Waals surface area contributed by atoms with Gasteiger partial charge in [0.05, 0.1) is 18.7 Å². The molecular formula is C25H34BrN3O2. The van der Waals surface area contributed by atoms with Gasteiger partial charge >= 0.3 is 5.97 Å². The first-order valence-corrected chi connectivity index (χ1v) is 12.5. The molecule has 0 bridgehead atoms. The molecule has 0 unspecified atom stereocenters. The van der Waals surface area contributed by atoms with Gasteiger partial charge < -0.3 is 4.74 Å². The predicted molar refractivity (Wildman–Crippen MR) is 126 cm³/mol. The molecule has 0 radical (unpaired) electrons. The maximum atomic E-state index is 12.0. The van der Waals surface area contributed by atoms with E-state index in [-0.39, 0.29) is 11.9 Å². The number of carbonyl (C=O) groups is 1. The number of fused-ring (bicyclic) bond motifs is 1. The lowest BCUT2D eigenvalue weighted by atomic mass is 9.92. The zero-order valence-corrected chi connectivity index (χ0v) is 20.4. The third-order valence-corrected chi connectivity index (χ3v) is 6.72. The zero-order chi connectivity index (χ0) is 22.1. The fraction of sp³-hybridized carbons (Fsp3) is 0.600. The lowest BCUT2D eigenvalue weighted by Crippen LogP contribution is -2.11. The Kier molecular flexibility index (Phi) is 9.44. The van der Waals surface area contributed by atoms with Crippen molar-refractivity contribution < 1.29 is 9.53 Å². The van der Waals surface area contributed by atoms with Crippen molar-refractivity contribution in [3.05, 3.63) is 51.3 Å². The molecule has 0 aliphatic heterocycles. The molecule has 2 aromatic rings. The van der Waals surface area contributed by atoms with Crippen molar-refractivity contribution in [1.82, 2.24) is 15.0 Å². The molecule has 0 spiro atoms. The molecule has 0 saturated heterocycles. The Labute approximate surface area is 194 Å². The van der Waals surface area contributed by atoms with Crippen LogP contribution in [0.2, 0.25) is 0 Å². The molecular weight excluding hydrogens is 454 g/mol. The van der Waals surface area contributed by atoms with E-state index in [2.05, 4.69) is 32.0 Å². The fourth-order valence-electron chi connectivity index (χ4n) is 4.28. The maximum absolute atomic E-state index is 12.0. The van der Waals surface area contributed by atoms with E-state index in [1.54, 1.807) is 0 Å². The van der Waals surface area contributed by atoms with Crippen molar-refractivity contribution in [1.29, 1.82) is 0 Å². The average molecular weight is 488 g/mol. The number of pyridine rings is 1. The Morgan fingerprint density at radius 2 is 1.87 bits per heavy atom. The van der Waals surface area contributed by atoms with Crippen LogP contribution in [0.25, 0.3) is 0 Å². The minimum Gasteiger partial charge on any atom is -0.466 e. The molecule has 31 heavy (non-hydrogen) atoms. The highest BCUT2D eigenvalue weighted by atomic mass is 79.9. The van der Waals surface area contributed by atoms with Crippen molar-refractivity contribution in [3.8, 4) is 0 Å². The third-order valence-electron chi connectivity index (χ3n) is 6.03. The molecule has 168 valence electrons. The molecule has 3 rings (SSSR count). The first kappa shape index (κ1) is 23.8. The number of carbonyl (C=O) groups excluding carboxylic acids is 1. The van der Waals surface area contributed by atoms with E-state index >= 15 is 0 Å². The summed E-state index contributed by atoms with van der Waals surface area (Å²) in [5.41, 5.74) is 4.97. The summed E-state index contributed by atoms with van der Waals surface area (Å²) in [6.07, 6.45) is 15.4. The highest BCUT2D eigenvalue weighted by Gasteiger charge is 2.18. The number of esters is 1. The van der Waals surface area contributed by atoms with E-state index in [9.17, 15) is 4.79 Å². The van der Waals surface area contributed by atoms with Crippen LogP contribution in [0.3, 0.4) is 0 Å². The van der Waals surface area contributed by atoms with Crippen molar-refractivity contribution in [2.24, 2.45) is 0 Å². The van der Waals surface area contributed by atoms with Crippen LogP contribution in [-0.4, -0.2) is 27.5 Å². The van der Waals surface area contributed by atoms with Gasteiger partial charge in [0, 0.05) is 22.6 Å². The molecule has 1 aliphatic rings. The predicted octanol–water partition coefficient (Wildman–Crippen LogP) is 6.05.